The summed E-state index contributed by atoms with van der Waals surface area (Å²) in [6, 6.07) is 40.6. The third kappa shape index (κ3) is 6.21. The molecule has 4 atom stereocenters. The molecular weight excluding hydrogens is 609 g/mol. The van der Waals surface area contributed by atoms with Crippen molar-refractivity contribution in [2.24, 2.45) is 0 Å². The maximum atomic E-state index is 11.9. The molecule has 4 aromatic rings. The van der Waals surface area contributed by atoms with Gasteiger partial charge in [0.05, 0.1) is 13.2 Å². The Kier molecular flexibility index (Phi) is 9.94. The lowest BCUT2D eigenvalue weighted by Crippen LogP contribution is -2.68. The fraction of sp³-hybridized carbons (Fsp3) is 0.368. The number of aliphatic hydroxyl groups is 3. The second kappa shape index (κ2) is 13.3. The maximum Gasteiger partial charge on any atom is 0.261 e. The van der Waals surface area contributed by atoms with E-state index in [2.05, 4.69) is 90.1 Å². The van der Waals surface area contributed by atoms with Crippen LogP contribution in [0.15, 0.2) is 121 Å². The summed E-state index contributed by atoms with van der Waals surface area (Å²) in [7, 11) is -6.01. The fourth-order valence-electron chi connectivity index (χ4n) is 7.07. The van der Waals surface area contributed by atoms with Gasteiger partial charge < -0.3 is 28.9 Å². The molecule has 0 radical (unpaired) electrons. The van der Waals surface area contributed by atoms with Crippen LogP contribution in [0.4, 0.5) is 0 Å². The van der Waals surface area contributed by atoms with Gasteiger partial charge in [0.2, 0.25) is 5.79 Å². The van der Waals surface area contributed by atoms with Crippen LogP contribution in [0.5, 0.6) is 0 Å². The second-order valence-electron chi connectivity index (χ2n) is 14.4. The Labute approximate surface area is 275 Å². The second-order valence-corrected chi connectivity index (χ2v) is 23.0. The Bertz CT molecular complexity index is 1460. The van der Waals surface area contributed by atoms with Gasteiger partial charge in [-0.15, -0.1) is 0 Å². The van der Waals surface area contributed by atoms with Crippen molar-refractivity contribution in [3.8, 4) is 0 Å². The van der Waals surface area contributed by atoms with Crippen LogP contribution in [0.2, 0.25) is 10.1 Å². The van der Waals surface area contributed by atoms with Crippen molar-refractivity contribution in [3.63, 3.8) is 0 Å². The van der Waals surface area contributed by atoms with Crippen molar-refractivity contribution in [1.82, 2.24) is 0 Å². The molecule has 1 saturated heterocycles. The Morgan fingerprint density at radius 2 is 0.913 bits per heavy atom. The summed E-state index contributed by atoms with van der Waals surface area (Å²) in [5.74, 6) is -2.15. The predicted octanol–water partition coefficient (Wildman–Crippen LogP) is 3.95. The zero-order valence-corrected chi connectivity index (χ0v) is 29.8. The molecule has 0 bridgehead atoms. The Hall–Kier alpha value is -2.93. The molecule has 244 valence electrons. The molecule has 8 heteroatoms. The molecular formula is C38H48O6Si2. The molecule has 3 N–H and O–H groups in total. The van der Waals surface area contributed by atoms with Crippen molar-refractivity contribution in [1.29, 1.82) is 0 Å². The Morgan fingerprint density at radius 3 is 1.24 bits per heavy atom. The van der Waals surface area contributed by atoms with Crippen LogP contribution in [-0.2, 0) is 13.6 Å². The van der Waals surface area contributed by atoms with E-state index in [0.717, 1.165) is 20.7 Å². The highest BCUT2D eigenvalue weighted by molar-refractivity contribution is 7.00. The first-order valence-electron chi connectivity index (χ1n) is 16.0. The van der Waals surface area contributed by atoms with Gasteiger partial charge in [0, 0.05) is 0 Å². The molecule has 1 unspecified atom stereocenters. The monoisotopic (exact) mass is 656 g/mol. The summed E-state index contributed by atoms with van der Waals surface area (Å²) in [4.78, 5) is 0. The van der Waals surface area contributed by atoms with Gasteiger partial charge in [-0.3, -0.25) is 0 Å². The van der Waals surface area contributed by atoms with Crippen molar-refractivity contribution < 1.29 is 28.9 Å². The van der Waals surface area contributed by atoms with Crippen molar-refractivity contribution in [2.75, 3.05) is 13.2 Å². The minimum absolute atomic E-state index is 0.0208. The number of hydrogen-bond donors (Lipinski definition) is 3. The van der Waals surface area contributed by atoms with E-state index in [0.29, 0.717) is 0 Å². The van der Waals surface area contributed by atoms with Gasteiger partial charge in [-0.25, -0.2) is 0 Å². The lowest BCUT2D eigenvalue weighted by atomic mass is 10.1. The first-order chi connectivity index (χ1) is 21.8. The van der Waals surface area contributed by atoms with E-state index >= 15 is 0 Å². The maximum absolute atomic E-state index is 11.9. The standard InChI is InChI=1S/C38H48O6Si2/c1-36(2,3)45(29-19-11-7-12-20-29,30-21-13-8-14-22-30)42-27-33-34(39)35(40)38(41,44-33)28-43-46(37(4,5)6,31-23-15-9-16-24-31)32-25-17-10-18-26-32/h7-26,33-35,39-41H,27-28H2,1-6H3/t33-,34+,35+,38?/m1/s1. The summed E-state index contributed by atoms with van der Waals surface area (Å²) in [5.41, 5.74) is 0. The van der Waals surface area contributed by atoms with E-state index < -0.39 is 40.7 Å². The third-order valence-electron chi connectivity index (χ3n) is 9.32. The normalized spacial score (nSPS) is 22.6. The van der Waals surface area contributed by atoms with Gasteiger partial charge in [-0.1, -0.05) is 163 Å². The summed E-state index contributed by atoms with van der Waals surface area (Å²) in [6.45, 7) is 12.6. The molecule has 1 fully saturated rings. The summed E-state index contributed by atoms with van der Waals surface area (Å²) >= 11 is 0. The van der Waals surface area contributed by atoms with Gasteiger partial charge in [0.1, 0.15) is 18.3 Å². The van der Waals surface area contributed by atoms with Gasteiger partial charge in [-0.2, -0.15) is 0 Å². The van der Waals surface area contributed by atoms with Crippen molar-refractivity contribution >= 4 is 37.4 Å². The number of aliphatic hydroxyl groups excluding tert-OH is 2. The van der Waals surface area contributed by atoms with Gasteiger partial charge in [-0.05, 0) is 30.8 Å². The molecule has 1 aliphatic heterocycles. The zero-order chi connectivity index (χ0) is 33.2. The minimum atomic E-state index is -3.06. The van der Waals surface area contributed by atoms with E-state index in [4.69, 9.17) is 13.6 Å². The van der Waals surface area contributed by atoms with Gasteiger partial charge >= 0.3 is 0 Å². The first kappa shape index (κ1) is 34.4. The molecule has 1 heterocycles. The van der Waals surface area contributed by atoms with Gasteiger partial charge in [0.25, 0.3) is 16.6 Å². The molecule has 0 spiro atoms. The SMILES string of the molecule is CC(C)(C)[Si](OC[C@H]1OC(O)(CO[Si](c2ccccc2)(c2ccccc2)C(C)(C)C)[C@@H](O)[C@H]1O)(c1ccccc1)c1ccccc1. The fourth-order valence-corrected chi connectivity index (χ4v) is 16.2. The molecule has 0 aliphatic carbocycles. The number of hydrogen-bond acceptors (Lipinski definition) is 6. The van der Waals surface area contributed by atoms with Gasteiger partial charge in [0.15, 0.2) is 0 Å². The van der Waals surface area contributed by atoms with E-state index in [1.807, 2.05) is 72.8 Å². The molecule has 5 rings (SSSR count). The lowest BCUT2D eigenvalue weighted by molar-refractivity contribution is -0.244. The van der Waals surface area contributed by atoms with E-state index in [-0.39, 0.29) is 23.3 Å². The predicted molar refractivity (Wildman–Crippen MR) is 189 cm³/mol. The third-order valence-corrected chi connectivity index (χ3v) is 19.3. The zero-order valence-electron chi connectivity index (χ0n) is 27.8. The summed E-state index contributed by atoms with van der Waals surface area (Å²) in [5, 5.41) is 38.1. The Balaban J connectivity index is 1.46. The summed E-state index contributed by atoms with van der Waals surface area (Å²) < 4.78 is 20.1. The highest BCUT2D eigenvalue weighted by Crippen LogP contribution is 2.40. The quantitative estimate of drug-likeness (QED) is 0.224. The van der Waals surface area contributed by atoms with Crippen LogP contribution < -0.4 is 20.7 Å². The van der Waals surface area contributed by atoms with E-state index in [9.17, 15) is 15.3 Å². The average molecular weight is 657 g/mol. The minimum Gasteiger partial charge on any atom is -0.405 e. The average Bonchev–Trinajstić information content (AvgIpc) is 3.26. The molecule has 1 aliphatic rings. The summed E-state index contributed by atoms with van der Waals surface area (Å²) in [6.07, 6.45) is -3.96. The van der Waals surface area contributed by atoms with E-state index in [1.54, 1.807) is 0 Å². The number of benzene rings is 4. The van der Waals surface area contributed by atoms with Crippen LogP contribution in [0.25, 0.3) is 0 Å². The Morgan fingerprint density at radius 1 is 0.587 bits per heavy atom. The van der Waals surface area contributed by atoms with Crippen LogP contribution in [0.1, 0.15) is 41.5 Å². The molecule has 4 aromatic carbocycles. The van der Waals surface area contributed by atoms with Crippen LogP contribution in [-0.4, -0.2) is 69.3 Å². The smallest absolute Gasteiger partial charge is 0.261 e. The largest absolute Gasteiger partial charge is 0.405 e. The molecule has 0 saturated carbocycles. The molecule has 0 aromatic heterocycles. The van der Waals surface area contributed by atoms with Crippen molar-refractivity contribution in [2.45, 2.75) is 75.7 Å². The lowest BCUT2D eigenvalue weighted by Gasteiger charge is -2.44. The first-order valence-corrected chi connectivity index (χ1v) is 19.8. The molecule has 6 nitrogen and oxygen atoms in total. The number of ether oxygens (including phenoxy) is 1. The number of rotatable bonds is 10. The molecule has 46 heavy (non-hydrogen) atoms. The topological polar surface area (TPSA) is 88.4 Å². The van der Waals surface area contributed by atoms with E-state index in [1.165, 1.54) is 0 Å². The highest BCUT2D eigenvalue weighted by Gasteiger charge is 2.58. The van der Waals surface area contributed by atoms with Crippen LogP contribution in [0, 0.1) is 0 Å². The van der Waals surface area contributed by atoms with Crippen LogP contribution in [0.3, 0.4) is 0 Å². The van der Waals surface area contributed by atoms with Crippen LogP contribution >= 0.6 is 0 Å². The highest BCUT2D eigenvalue weighted by atomic mass is 28.4. The molecule has 0 amide bonds. The van der Waals surface area contributed by atoms with Crippen molar-refractivity contribution in [3.05, 3.63) is 121 Å².